The third kappa shape index (κ3) is 5.09. The molecule has 8 heteroatoms. The SMILES string of the molecule is CCOc1ccc(NC(=O)C(C)Sc2n[nH]c(Cc3cccs3)n2)cc1. The summed E-state index contributed by atoms with van der Waals surface area (Å²) in [5.41, 5.74) is 0.735. The van der Waals surface area contributed by atoms with E-state index in [1.54, 1.807) is 11.3 Å². The van der Waals surface area contributed by atoms with Gasteiger partial charge >= 0.3 is 0 Å². The highest BCUT2D eigenvalue weighted by Crippen LogP contribution is 2.22. The molecular formula is C18H20N4O2S2. The molecule has 1 unspecified atom stereocenters. The van der Waals surface area contributed by atoms with Crippen molar-refractivity contribution in [2.24, 2.45) is 0 Å². The first-order valence-electron chi connectivity index (χ1n) is 8.28. The van der Waals surface area contributed by atoms with Gasteiger partial charge in [0.1, 0.15) is 11.6 Å². The van der Waals surface area contributed by atoms with Gasteiger partial charge in [0.05, 0.1) is 11.9 Å². The number of carbonyl (C=O) groups excluding carboxylic acids is 1. The Labute approximate surface area is 160 Å². The highest BCUT2D eigenvalue weighted by atomic mass is 32.2. The van der Waals surface area contributed by atoms with E-state index < -0.39 is 0 Å². The number of thiophene rings is 1. The summed E-state index contributed by atoms with van der Waals surface area (Å²) in [6.07, 6.45) is 0.720. The summed E-state index contributed by atoms with van der Waals surface area (Å²) in [7, 11) is 0. The Morgan fingerprint density at radius 1 is 1.35 bits per heavy atom. The molecule has 0 spiro atoms. The first kappa shape index (κ1) is 18.5. The molecule has 0 aliphatic rings. The zero-order chi connectivity index (χ0) is 18.4. The first-order valence-corrected chi connectivity index (χ1v) is 10.0. The minimum Gasteiger partial charge on any atom is -0.494 e. The van der Waals surface area contributed by atoms with E-state index in [9.17, 15) is 4.79 Å². The van der Waals surface area contributed by atoms with E-state index in [1.165, 1.54) is 16.6 Å². The second-order valence-corrected chi connectivity index (χ2v) is 7.87. The van der Waals surface area contributed by atoms with Crippen LogP contribution in [0.5, 0.6) is 5.75 Å². The van der Waals surface area contributed by atoms with E-state index in [0.717, 1.165) is 23.7 Å². The Hall–Kier alpha value is -2.32. The van der Waals surface area contributed by atoms with Gasteiger partial charge in [-0.15, -0.1) is 16.4 Å². The Kier molecular flexibility index (Phi) is 6.30. The van der Waals surface area contributed by atoms with E-state index in [0.29, 0.717) is 11.8 Å². The van der Waals surface area contributed by atoms with Gasteiger partial charge in [-0.1, -0.05) is 17.8 Å². The van der Waals surface area contributed by atoms with Crippen molar-refractivity contribution >= 4 is 34.7 Å². The Bertz CT molecular complexity index is 831. The molecule has 26 heavy (non-hydrogen) atoms. The van der Waals surface area contributed by atoms with E-state index in [2.05, 4.69) is 26.6 Å². The number of nitrogens with one attached hydrogen (secondary N) is 2. The molecule has 3 rings (SSSR count). The number of aromatic amines is 1. The van der Waals surface area contributed by atoms with E-state index in [1.807, 2.05) is 49.6 Å². The van der Waals surface area contributed by atoms with Gasteiger partial charge in [-0.3, -0.25) is 9.89 Å². The summed E-state index contributed by atoms with van der Waals surface area (Å²) in [5, 5.41) is 12.3. The summed E-state index contributed by atoms with van der Waals surface area (Å²) in [5.74, 6) is 1.49. The molecule has 0 radical (unpaired) electrons. The number of thioether (sulfide) groups is 1. The molecule has 1 aromatic carbocycles. The summed E-state index contributed by atoms with van der Waals surface area (Å²) in [6, 6.07) is 11.4. The lowest BCUT2D eigenvalue weighted by Gasteiger charge is -2.10. The highest BCUT2D eigenvalue weighted by molar-refractivity contribution is 8.00. The van der Waals surface area contributed by atoms with Crippen LogP contribution in [0.2, 0.25) is 0 Å². The van der Waals surface area contributed by atoms with Crippen LogP contribution in [0.3, 0.4) is 0 Å². The van der Waals surface area contributed by atoms with Gasteiger partial charge in [-0.05, 0) is 49.6 Å². The fourth-order valence-electron chi connectivity index (χ4n) is 2.24. The molecule has 0 aliphatic heterocycles. The molecule has 0 saturated heterocycles. The fraction of sp³-hybridized carbons (Fsp3) is 0.278. The van der Waals surface area contributed by atoms with Gasteiger partial charge in [-0.25, -0.2) is 4.98 Å². The number of hydrogen-bond donors (Lipinski definition) is 2. The van der Waals surface area contributed by atoms with Crippen molar-refractivity contribution in [1.29, 1.82) is 0 Å². The van der Waals surface area contributed by atoms with Crippen molar-refractivity contribution in [1.82, 2.24) is 15.2 Å². The number of aromatic nitrogens is 3. The lowest BCUT2D eigenvalue weighted by molar-refractivity contribution is -0.115. The zero-order valence-corrected chi connectivity index (χ0v) is 16.2. The number of rotatable bonds is 8. The van der Waals surface area contributed by atoms with Crippen molar-refractivity contribution in [3.8, 4) is 5.75 Å². The van der Waals surface area contributed by atoms with Gasteiger partial charge in [0.25, 0.3) is 0 Å². The summed E-state index contributed by atoms with van der Waals surface area (Å²) in [6.45, 7) is 4.39. The molecule has 0 bridgehead atoms. The molecule has 0 saturated carbocycles. The Morgan fingerprint density at radius 3 is 2.85 bits per heavy atom. The standard InChI is InChI=1S/C18H20N4O2S2/c1-3-24-14-8-6-13(7-9-14)19-17(23)12(2)26-18-20-16(21-22-18)11-15-5-4-10-25-15/h4-10,12H,3,11H2,1-2H3,(H,19,23)(H,20,21,22). The molecule has 3 aromatic rings. The largest absolute Gasteiger partial charge is 0.494 e. The second kappa shape index (κ2) is 8.86. The van der Waals surface area contributed by atoms with Crippen LogP contribution < -0.4 is 10.1 Å². The lowest BCUT2D eigenvalue weighted by atomic mass is 10.3. The highest BCUT2D eigenvalue weighted by Gasteiger charge is 2.17. The predicted octanol–water partition coefficient (Wildman–Crippen LogP) is 3.98. The molecule has 0 aliphatic carbocycles. The Morgan fingerprint density at radius 2 is 2.15 bits per heavy atom. The average Bonchev–Trinajstić information content (AvgIpc) is 3.29. The van der Waals surface area contributed by atoms with Crippen LogP contribution >= 0.6 is 23.1 Å². The van der Waals surface area contributed by atoms with Gasteiger partial charge < -0.3 is 10.1 Å². The van der Waals surface area contributed by atoms with Crippen LogP contribution in [-0.4, -0.2) is 32.9 Å². The topological polar surface area (TPSA) is 79.9 Å². The van der Waals surface area contributed by atoms with Crippen LogP contribution in [0.4, 0.5) is 5.69 Å². The quantitative estimate of drug-likeness (QED) is 0.571. The average molecular weight is 389 g/mol. The van der Waals surface area contributed by atoms with Crippen molar-refractivity contribution < 1.29 is 9.53 Å². The summed E-state index contributed by atoms with van der Waals surface area (Å²) < 4.78 is 5.40. The van der Waals surface area contributed by atoms with Crippen LogP contribution in [0.25, 0.3) is 0 Å². The zero-order valence-electron chi connectivity index (χ0n) is 14.6. The summed E-state index contributed by atoms with van der Waals surface area (Å²) in [4.78, 5) is 18.0. The van der Waals surface area contributed by atoms with Gasteiger partial charge in [0, 0.05) is 17.0 Å². The number of H-pyrrole nitrogens is 1. The molecular weight excluding hydrogens is 368 g/mol. The minimum absolute atomic E-state index is 0.0937. The third-order valence-electron chi connectivity index (χ3n) is 3.52. The second-order valence-electron chi connectivity index (χ2n) is 5.53. The van der Waals surface area contributed by atoms with Crippen LogP contribution in [0, 0.1) is 0 Å². The molecule has 1 atom stereocenters. The third-order valence-corrected chi connectivity index (χ3v) is 5.35. The maximum Gasteiger partial charge on any atom is 0.237 e. The predicted molar refractivity (Wildman–Crippen MR) is 105 cm³/mol. The van der Waals surface area contributed by atoms with E-state index in [-0.39, 0.29) is 11.2 Å². The van der Waals surface area contributed by atoms with Crippen molar-refractivity contribution in [3.63, 3.8) is 0 Å². The lowest BCUT2D eigenvalue weighted by Crippen LogP contribution is -2.22. The van der Waals surface area contributed by atoms with Crippen LogP contribution in [0.1, 0.15) is 24.5 Å². The number of ether oxygens (including phenoxy) is 1. The van der Waals surface area contributed by atoms with Gasteiger partial charge in [-0.2, -0.15) is 0 Å². The van der Waals surface area contributed by atoms with Crippen molar-refractivity contribution in [2.45, 2.75) is 30.7 Å². The summed E-state index contributed by atoms with van der Waals surface area (Å²) >= 11 is 3.01. The normalized spacial score (nSPS) is 11.9. The molecule has 0 fully saturated rings. The van der Waals surface area contributed by atoms with E-state index >= 15 is 0 Å². The monoisotopic (exact) mass is 388 g/mol. The molecule has 136 valence electrons. The maximum absolute atomic E-state index is 12.4. The molecule has 2 aromatic heterocycles. The smallest absolute Gasteiger partial charge is 0.237 e. The Balaban J connectivity index is 1.53. The number of nitrogens with zero attached hydrogens (tertiary/aromatic N) is 2. The number of amides is 1. The molecule has 2 N–H and O–H groups in total. The number of carbonyl (C=O) groups is 1. The van der Waals surface area contributed by atoms with Crippen molar-refractivity contribution in [3.05, 3.63) is 52.5 Å². The van der Waals surface area contributed by atoms with Gasteiger partial charge in [0.2, 0.25) is 11.1 Å². The number of hydrogen-bond acceptors (Lipinski definition) is 6. The molecule has 2 heterocycles. The first-order chi connectivity index (χ1) is 12.6. The van der Waals surface area contributed by atoms with Gasteiger partial charge in [0.15, 0.2) is 0 Å². The van der Waals surface area contributed by atoms with Crippen molar-refractivity contribution in [2.75, 3.05) is 11.9 Å². The van der Waals surface area contributed by atoms with Crippen LogP contribution in [-0.2, 0) is 11.2 Å². The number of anilines is 1. The van der Waals surface area contributed by atoms with Crippen LogP contribution in [0.15, 0.2) is 46.9 Å². The number of benzene rings is 1. The maximum atomic E-state index is 12.4. The fourth-order valence-corrected chi connectivity index (χ4v) is 3.70. The minimum atomic E-state index is -0.313. The van der Waals surface area contributed by atoms with E-state index in [4.69, 9.17) is 4.74 Å². The molecule has 1 amide bonds. The molecule has 6 nitrogen and oxygen atoms in total.